The van der Waals surface area contributed by atoms with Gasteiger partial charge in [-0.05, 0) is 18.2 Å². The SMILES string of the molecule is CCc1nccn1CCN1CCN(C(=O)c2cccc(Br)c2)CC1. The van der Waals surface area contributed by atoms with Crippen LogP contribution in [0.4, 0.5) is 0 Å². The van der Waals surface area contributed by atoms with Crippen molar-refractivity contribution in [1.82, 2.24) is 19.4 Å². The van der Waals surface area contributed by atoms with Gasteiger partial charge >= 0.3 is 0 Å². The highest BCUT2D eigenvalue weighted by Crippen LogP contribution is 2.15. The van der Waals surface area contributed by atoms with Crippen molar-refractivity contribution >= 4 is 21.8 Å². The molecule has 0 atom stereocenters. The number of rotatable bonds is 5. The van der Waals surface area contributed by atoms with Crippen molar-refractivity contribution in [2.24, 2.45) is 0 Å². The van der Waals surface area contributed by atoms with Crippen LogP contribution in [0.3, 0.4) is 0 Å². The molecule has 0 unspecified atom stereocenters. The van der Waals surface area contributed by atoms with E-state index in [1.807, 2.05) is 41.6 Å². The van der Waals surface area contributed by atoms with E-state index in [-0.39, 0.29) is 5.91 Å². The first kappa shape index (κ1) is 17.2. The maximum absolute atomic E-state index is 12.6. The number of imidazole rings is 1. The highest BCUT2D eigenvalue weighted by molar-refractivity contribution is 9.10. The number of carbonyl (C=O) groups is 1. The van der Waals surface area contributed by atoms with Gasteiger partial charge in [-0.3, -0.25) is 9.69 Å². The van der Waals surface area contributed by atoms with Gasteiger partial charge in [0.05, 0.1) is 0 Å². The lowest BCUT2D eigenvalue weighted by molar-refractivity contribution is 0.0633. The van der Waals surface area contributed by atoms with Crippen LogP contribution in [0.2, 0.25) is 0 Å². The molecule has 0 N–H and O–H groups in total. The summed E-state index contributed by atoms with van der Waals surface area (Å²) in [6.45, 7) is 7.52. The lowest BCUT2D eigenvalue weighted by Gasteiger charge is -2.35. The molecule has 128 valence electrons. The van der Waals surface area contributed by atoms with Gasteiger partial charge in [-0.2, -0.15) is 0 Å². The van der Waals surface area contributed by atoms with Gasteiger partial charge in [0.25, 0.3) is 5.91 Å². The molecule has 24 heavy (non-hydrogen) atoms. The Hall–Kier alpha value is -1.66. The maximum Gasteiger partial charge on any atom is 0.253 e. The lowest BCUT2D eigenvalue weighted by atomic mass is 10.2. The van der Waals surface area contributed by atoms with Crippen molar-refractivity contribution in [1.29, 1.82) is 0 Å². The molecular weight excluding hydrogens is 368 g/mol. The van der Waals surface area contributed by atoms with E-state index in [9.17, 15) is 4.79 Å². The Bertz CT molecular complexity index is 692. The summed E-state index contributed by atoms with van der Waals surface area (Å²) in [6, 6.07) is 7.62. The molecule has 1 aliphatic rings. The highest BCUT2D eigenvalue weighted by Gasteiger charge is 2.22. The van der Waals surface area contributed by atoms with Crippen molar-refractivity contribution in [2.75, 3.05) is 32.7 Å². The van der Waals surface area contributed by atoms with E-state index in [0.29, 0.717) is 0 Å². The van der Waals surface area contributed by atoms with Gasteiger partial charge in [-0.1, -0.05) is 28.9 Å². The maximum atomic E-state index is 12.6. The van der Waals surface area contributed by atoms with Crippen LogP contribution < -0.4 is 0 Å². The van der Waals surface area contributed by atoms with Gasteiger partial charge in [-0.25, -0.2) is 4.98 Å². The third-order valence-corrected chi connectivity index (χ3v) is 5.00. The molecular formula is C18H23BrN4O. The molecule has 1 aliphatic heterocycles. The zero-order chi connectivity index (χ0) is 16.9. The monoisotopic (exact) mass is 390 g/mol. The molecule has 0 aliphatic carbocycles. The van der Waals surface area contributed by atoms with Gasteiger partial charge in [0, 0.05) is 68.1 Å². The number of halogens is 1. The molecule has 0 radical (unpaired) electrons. The van der Waals surface area contributed by atoms with Gasteiger partial charge in [0.2, 0.25) is 0 Å². The van der Waals surface area contributed by atoms with E-state index in [0.717, 1.165) is 61.5 Å². The predicted octanol–water partition coefficient (Wildman–Crippen LogP) is 2.67. The molecule has 5 nitrogen and oxygen atoms in total. The number of hydrogen-bond donors (Lipinski definition) is 0. The molecule has 1 aromatic heterocycles. The molecule has 0 spiro atoms. The number of hydrogen-bond acceptors (Lipinski definition) is 3. The number of piperazine rings is 1. The first-order valence-electron chi connectivity index (χ1n) is 8.44. The second kappa shape index (κ2) is 7.94. The summed E-state index contributed by atoms with van der Waals surface area (Å²) in [5.74, 6) is 1.26. The van der Waals surface area contributed by atoms with Crippen LogP contribution in [-0.4, -0.2) is 58.0 Å². The summed E-state index contributed by atoms with van der Waals surface area (Å²) in [5.41, 5.74) is 0.754. The summed E-state index contributed by atoms with van der Waals surface area (Å²) in [4.78, 5) is 21.3. The van der Waals surface area contributed by atoms with Crippen LogP contribution in [0.25, 0.3) is 0 Å². The normalized spacial score (nSPS) is 15.7. The van der Waals surface area contributed by atoms with E-state index < -0.39 is 0 Å². The van der Waals surface area contributed by atoms with Crippen molar-refractivity contribution in [2.45, 2.75) is 19.9 Å². The fraction of sp³-hybridized carbons (Fsp3) is 0.444. The quantitative estimate of drug-likeness (QED) is 0.787. The number of benzene rings is 1. The fourth-order valence-electron chi connectivity index (χ4n) is 3.09. The minimum absolute atomic E-state index is 0.124. The Labute approximate surface area is 151 Å². The van der Waals surface area contributed by atoms with E-state index in [4.69, 9.17) is 0 Å². The van der Waals surface area contributed by atoms with Crippen LogP contribution in [-0.2, 0) is 13.0 Å². The first-order valence-corrected chi connectivity index (χ1v) is 9.24. The number of aromatic nitrogens is 2. The molecule has 0 bridgehead atoms. The Morgan fingerprint density at radius 2 is 2.00 bits per heavy atom. The molecule has 6 heteroatoms. The van der Waals surface area contributed by atoms with Crippen molar-refractivity contribution in [3.63, 3.8) is 0 Å². The van der Waals surface area contributed by atoms with E-state index >= 15 is 0 Å². The van der Waals surface area contributed by atoms with Crippen LogP contribution in [0.15, 0.2) is 41.1 Å². The van der Waals surface area contributed by atoms with E-state index in [1.165, 1.54) is 0 Å². The van der Waals surface area contributed by atoms with Crippen LogP contribution >= 0.6 is 15.9 Å². The van der Waals surface area contributed by atoms with Gasteiger partial charge in [0.15, 0.2) is 0 Å². The van der Waals surface area contributed by atoms with Crippen LogP contribution in [0, 0.1) is 0 Å². The van der Waals surface area contributed by atoms with Crippen LogP contribution in [0.5, 0.6) is 0 Å². The summed E-state index contributed by atoms with van der Waals surface area (Å²) >= 11 is 3.43. The molecule has 1 saturated heterocycles. The molecule has 0 saturated carbocycles. The largest absolute Gasteiger partial charge is 0.336 e. The third-order valence-electron chi connectivity index (χ3n) is 4.51. The Morgan fingerprint density at radius 3 is 2.71 bits per heavy atom. The minimum Gasteiger partial charge on any atom is -0.336 e. The molecule has 3 rings (SSSR count). The summed E-state index contributed by atoms with van der Waals surface area (Å²) in [6.07, 6.45) is 4.88. The number of aryl methyl sites for hydroxylation is 1. The van der Waals surface area contributed by atoms with Crippen molar-refractivity contribution in [3.8, 4) is 0 Å². The van der Waals surface area contributed by atoms with Crippen molar-refractivity contribution in [3.05, 3.63) is 52.5 Å². The molecule has 2 heterocycles. The zero-order valence-corrected chi connectivity index (χ0v) is 15.6. The number of carbonyl (C=O) groups excluding carboxylic acids is 1. The van der Waals surface area contributed by atoms with Gasteiger partial charge < -0.3 is 9.47 Å². The number of nitrogens with zero attached hydrogens (tertiary/aromatic N) is 4. The first-order chi connectivity index (χ1) is 11.7. The fourth-order valence-corrected chi connectivity index (χ4v) is 3.49. The van der Waals surface area contributed by atoms with E-state index in [2.05, 4.69) is 37.3 Å². The van der Waals surface area contributed by atoms with Crippen LogP contribution in [0.1, 0.15) is 23.1 Å². The minimum atomic E-state index is 0.124. The van der Waals surface area contributed by atoms with Gasteiger partial charge in [-0.15, -0.1) is 0 Å². The Morgan fingerprint density at radius 1 is 1.21 bits per heavy atom. The topological polar surface area (TPSA) is 41.4 Å². The molecule has 2 aromatic rings. The smallest absolute Gasteiger partial charge is 0.253 e. The summed E-state index contributed by atoms with van der Waals surface area (Å²) in [7, 11) is 0. The zero-order valence-electron chi connectivity index (χ0n) is 14.0. The summed E-state index contributed by atoms with van der Waals surface area (Å²) in [5, 5.41) is 0. The molecule has 1 fully saturated rings. The summed E-state index contributed by atoms with van der Waals surface area (Å²) < 4.78 is 3.16. The second-order valence-corrected chi connectivity index (χ2v) is 6.95. The standard InChI is InChI=1S/C18H23BrN4O/c1-2-17-20-6-7-22(17)11-8-21-9-12-23(13-10-21)18(24)15-4-3-5-16(19)14-15/h3-7,14H,2,8-13H2,1H3. The predicted molar refractivity (Wildman–Crippen MR) is 98.1 cm³/mol. The van der Waals surface area contributed by atoms with E-state index in [1.54, 1.807) is 0 Å². The second-order valence-electron chi connectivity index (χ2n) is 6.03. The highest BCUT2D eigenvalue weighted by atomic mass is 79.9. The average Bonchev–Trinajstić information content (AvgIpc) is 3.07. The third kappa shape index (κ3) is 4.05. The van der Waals surface area contributed by atoms with Gasteiger partial charge in [0.1, 0.15) is 5.82 Å². The average molecular weight is 391 g/mol. The lowest BCUT2D eigenvalue weighted by Crippen LogP contribution is -2.49. The van der Waals surface area contributed by atoms with Crippen molar-refractivity contribution < 1.29 is 4.79 Å². The Balaban J connectivity index is 1.50. The molecule has 1 aromatic carbocycles. The molecule has 1 amide bonds. The number of amides is 1. The Kier molecular flexibility index (Phi) is 5.68.